The van der Waals surface area contributed by atoms with E-state index in [-0.39, 0.29) is 0 Å². The van der Waals surface area contributed by atoms with Crippen LogP contribution in [0.1, 0.15) is 17.0 Å². The molecular formula is C14H19N5O. The summed E-state index contributed by atoms with van der Waals surface area (Å²) in [6.07, 6.45) is 0. The maximum Gasteiger partial charge on any atom is 0.316 e. The summed E-state index contributed by atoms with van der Waals surface area (Å²) in [6.45, 7) is 4.77. The van der Waals surface area contributed by atoms with Crippen molar-refractivity contribution < 1.29 is 4.79 Å². The van der Waals surface area contributed by atoms with Gasteiger partial charge in [0.2, 0.25) is 0 Å². The topological polar surface area (TPSA) is 85.0 Å². The van der Waals surface area contributed by atoms with Gasteiger partial charge in [-0.2, -0.15) is 5.10 Å². The lowest BCUT2D eigenvalue weighted by Gasteiger charge is -2.08. The van der Waals surface area contributed by atoms with Crippen LogP contribution in [0.2, 0.25) is 0 Å². The first kappa shape index (κ1) is 13.9. The number of aryl methyl sites for hydroxylation is 2. The monoisotopic (exact) mass is 273 g/mol. The smallest absolute Gasteiger partial charge is 0.316 e. The standard InChI is InChI=1S/C14H19N5O/c1-9-13(10(2)19(3)18-9)8-16-11-4-6-12(7-5-11)17-14(15)20/h4-7,16H,8H2,1-3H3,(H3,15,17,20). The number of carbonyl (C=O) groups is 1. The number of urea groups is 1. The number of anilines is 2. The molecule has 1 aromatic heterocycles. The molecule has 0 saturated heterocycles. The van der Waals surface area contributed by atoms with Gasteiger partial charge in [0.05, 0.1) is 5.69 Å². The van der Waals surface area contributed by atoms with Gasteiger partial charge in [0.15, 0.2) is 0 Å². The lowest BCUT2D eigenvalue weighted by Crippen LogP contribution is -2.19. The first-order valence-electron chi connectivity index (χ1n) is 6.37. The molecule has 2 rings (SSSR count). The van der Waals surface area contributed by atoms with Crippen molar-refractivity contribution in [2.75, 3.05) is 10.6 Å². The maximum atomic E-state index is 10.7. The fraction of sp³-hybridized carbons (Fsp3) is 0.286. The van der Waals surface area contributed by atoms with Gasteiger partial charge in [0, 0.05) is 36.2 Å². The number of benzene rings is 1. The quantitative estimate of drug-likeness (QED) is 0.797. The maximum absolute atomic E-state index is 10.7. The van der Waals surface area contributed by atoms with Crippen LogP contribution in [0.3, 0.4) is 0 Å². The second-order valence-corrected chi connectivity index (χ2v) is 4.69. The molecule has 0 saturated carbocycles. The molecule has 0 aliphatic heterocycles. The highest BCUT2D eigenvalue weighted by atomic mass is 16.2. The summed E-state index contributed by atoms with van der Waals surface area (Å²) in [5.41, 5.74) is 10.1. The second kappa shape index (κ2) is 5.64. The molecule has 1 aromatic carbocycles. The number of aromatic nitrogens is 2. The molecule has 0 aliphatic carbocycles. The number of nitrogens with two attached hydrogens (primary N) is 1. The van der Waals surface area contributed by atoms with Gasteiger partial charge in [-0.3, -0.25) is 4.68 Å². The molecule has 0 unspecified atom stereocenters. The van der Waals surface area contributed by atoms with Crippen molar-refractivity contribution in [1.82, 2.24) is 9.78 Å². The van der Waals surface area contributed by atoms with Gasteiger partial charge < -0.3 is 16.4 Å². The van der Waals surface area contributed by atoms with Gasteiger partial charge in [-0.25, -0.2) is 4.79 Å². The molecule has 20 heavy (non-hydrogen) atoms. The lowest BCUT2D eigenvalue weighted by molar-refractivity contribution is 0.259. The van der Waals surface area contributed by atoms with Gasteiger partial charge in [-0.05, 0) is 38.1 Å². The Bertz CT molecular complexity index is 615. The molecule has 0 bridgehead atoms. The minimum atomic E-state index is -0.563. The van der Waals surface area contributed by atoms with Gasteiger partial charge in [0.1, 0.15) is 0 Å². The molecule has 0 radical (unpaired) electrons. The Morgan fingerprint density at radius 2 is 1.85 bits per heavy atom. The minimum Gasteiger partial charge on any atom is -0.381 e. The number of nitrogens with zero attached hydrogens (tertiary/aromatic N) is 2. The van der Waals surface area contributed by atoms with Crippen LogP contribution in [0.15, 0.2) is 24.3 Å². The Labute approximate surface area is 118 Å². The van der Waals surface area contributed by atoms with Gasteiger partial charge in [0.25, 0.3) is 0 Å². The third-order valence-electron chi connectivity index (χ3n) is 3.28. The fourth-order valence-corrected chi connectivity index (χ4v) is 2.08. The molecule has 6 nitrogen and oxygen atoms in total. The molecule has 0 aliphatic rings. The summed E-state index contributed by atoms with van der Waals surface area (Å²) in [7, 11) is 1.94. The Morgan fingerprint density at radius 3 is 2.35 bits per heavy atom. The average molecular weight is 273 g/mol. The highest BCUT2D eigenvalue weighted by Gasteiger charge is 2.08. The number of primary amides is 1. The van der Waals surface area contributed by atoms with E-state index in [1.807, 2.05) is 30.8 Å². The molecule has 0 spiro atoms. The zero-order chi connectivity index (χ0) is 14.7. The van der Waals surface area contributed by atoms with Crippen LogP contribution >= 0.6 is 0 Å². The normalized spacial score (nSPS) is 10.3. The molecule has 0 fully saturated rings. The van der Waals surface area contributed by atoms with Crippen molar-refractivity contribution >= 4 is 17.4 Å². The van der Waals surface area contributed by atoms with Gasteiger partial charge in [-0.1, -0.05) is 0 Å². The molecule has 0 atom stereocenters. The Kier molecular flexibility index (Phi) is 3.93. The van der Waals surface area contributed by atoms with E-state index < -0.39 is 6.03 Å². The van der Waals surface area contributed by atoms with Gasteiger partial charge >= 0.3 is 6.03 Å². The summed E-state index contributed by atoms with van der Waals surface area (Å²) in [6, 6.07) is 6.83. The predicted octanol–water partition coefficient (Wildman–Crippen LogP) is 2.14. The number of rotatable bonds is 4. The molecule has 4 N–H and O–H groups in total. The highest BCUT2D eigenvalue weighted by Crippen LogP contribution is 2.17. The van der Waals surface area contributed by atoms with E-state index in [1.54, 1.807) is 12.1 Å². The fourth-order valence-electron chi connectivity index (χ4n) is 2.08. The summed E-state index contributed by atoms with van der Waals surface area (Å²) < 4.78 is 1.88. The summed E-state index contributed by atoms with van der Waals surface area (Å²) >= 11 is 0. The van der Waals surface area contributed by atoms with Crippen LogP contribution in [0.4, 0.5) is 16.2 Å². The van der Waals surface area contributed by atoms with Crippen molar-refractivity contribution in [1.29, 1.82) is 0 Å². The van der Waals surface area contributed by atoms with Crippen LogP contribution in [0, 0.1) is 13.8 Å². The number of carbonyl (C=O) groups excluding carboxylic acids is 1. The molecule has 2 aromatic rings. The largest absolute Gasteiger partial charge is 0.381 e. The average Bonchev–Trinajstić information content (AvgIpc) is 2.62. The van der Waals surface area contributed by atoms with E-state index >= 15 is 0 Å². The molecular weight excluding hydrogens is 254 g/mol. The Morgan fingerprint density at radius 1 is 1.25 bits per heavy atom. The number of nitrogens with one attached hydrogen (secondary N) is 2. The van der Waals surface area contributed by atoms with E-state index in [1.165, 1.54) is 5.56 Å². The third kappa shape index (κ3) is 3.09. The number of hydrogen-bond acceptors (Lipinski definition) is 3. The Hall–Kier alpha value is -2.50. The van der Waals surface area contributed by atoms with E-state index in [9.17, 15) is 4.79 Å². The lowest BCUT2D eigenvalue weighted by atomic mass is 10.2. The van der Waals surface area contributed by atoms with Crippen molar-refractivity contribution in [3.63, 3.8) is 0 Å². The first-order chi connectivity index (χ1) is 9.47. The van der Waals surface area contributed by atoms with Crippen molar-refractivity contribution in [2.45, 2.75) is 20.4 Å². The number of amides is 2. The van der Waals surface area contributed by atoms with Crippen molar-refractivity contribution in [3.8, 4) is 0 Å². The zero-order valence-electron chi connectivity index (χ0n) is 11.9. The van der Waals surface area contributed by atoms with Crippen LogP contribution in [-0.2, 0) is 13.6 Å². The van der Waals surface area contributed by atoms with Crippen molar-refractivity contribution in [3.05, 3.63) is 41.2 Å². The minimum absolute atomic E-state index is 0.563. The van der Waals surface area contributed by atoms with Gasteiger partial charge in [-0.15, -0.1) is 0 Å². The number of hydrogen-bond donors (Lipinski definition) is 3. The Balaban J connectivity index is 2.02. The second-order valence-electron chi connectivity index (χ2n) is 4.69. The predicted molar refractivity (Wildman–Crippen MR) is 79.7 cm³/mol. The van der Waals surface area contributed by atoms with E-state index in [2.05, 4.69) is 22.7 Å². The first-order valence-corrected chi connectivity index (χ1v) is 6.37. The van der Waals surface area contributed by atoms with Crippen LogP contribution in [0.25, 0.3) is 0 Å². The molecule has 1 heterocycles. The highest BCUT2D eigenvalue weighted by molar-refractivity contribution is 5.87. The van der Waals surface area contributed by atoms with E-state index in [4.69, 9.17) is 5.73 Å². The van der Waals surface area contributed by atoms with Crippen LogP contribution in [-0.4, -0.2) is 15.8 Å². The summed E-state index contributed by atoms with van der Waals surface area (Å²) in [4.78, 5) is 10.7. The summed E-state index contributed by atoms with van der Waals surface area (Å²) in [5, 5.41) is 10.2. The summed E-state index contributed by atoms with van der Waals surface area (Å²) in [5.74, 6) is 0. The van der Waals surface area contributed by atoms with Crippen LogP contribution in [0.5, 0.6) is 0 Å². The van der Waals surface area contributed by atoms with E-state index in [0.717, 1.165) is 17.1 Å². The van der Waals surface area contributed by atoms with E-state index in [0.29, 0.717) is 12.2 Å². The molecule has 2 amide bonds. The third-order valence-corrected chi connectivity index (χ3v) is 3.28. The molecule has 106 valence electrons. The SMILES string of the molecule is Cc1nn(C)c(C)c1CNc1ccc(NC(N)=O)cc1. The van der Waals surface area contributed by atoms with Crippen molar-refractivity contribution in [2.24, 2.45) is 12.8 Å². The van der Waals surface area contributed by atoms with Crippen LogP contribution < -0.4 is 16.4 Å². The zero-order valence-corrected chi connectivity index (χ0v) is 11.9. The molecule has 6 heteroatoms.